The molecule has 0 N–H and O–H groups in total. The molecule has 0 atom stereocenters. The van der Waals surface area contributed by atoms with Gasteiger partial charge in [-0.15, -0.1) is 0 Å². The molecule has 0 radical (unpaired) electrons. The molecule has 0 aromatic heterocycles. The Hall–Kier alpha value is -2.13. The van der Waals surface area contributed by atoms with Crippen molar-refractivity contribution < 1.29 is 0 Å². The predicted octanol–water partition coefficient (Wildman–Crippen LogP) is 7.77. The summed E-state index contributed by atoms with van der Waals surface area (Å²) in [5.41, 5.74) is 9.50. The number of allylic oxidation sites excluding steroid dienone is 9. The standard InChI is InChI=1S/C26H23I/c1-18(27)13-15-21(19-9-5-4-6-10-19)20-14-16-23-22-11-7-8-12-24(22)26(2,3)25(23)17-20/h4-9,11-17H,1,10H2,2-3H3/b15-13-,21-19+. The second-order valence-electron chi connectivity index (χ2n) is 7.64. The predicted molar refractivity (Wildman–Crippen MR) is 126 cm³/mol. The topological polar surface area (TPSA) is 0 Å². The minimum Gasteiger partial charge on any atom is -0.0856 e. The maximum atomic E-state index is 4.02. The Labute approximate surface area is 175 Å². The molecule has 2 aromatic carbocycles. The maximum absolute atomic E-state index is 4.02. The summed E-state index contributed by atoms with van der Waals surface area (Å²) in [6.07, 6.45) is 14.0. The van der Waals surface area contributed by atoms with Crippen molar-refractivity contribution in [3.63, 3.8) is 0 Å². The minimum atomic E-state index is 0.0244. The molecule has 0 heterocycles. The molecular weight excluding hydrogens is 439 g/mol. The van der Waals surface area contributed by atoms with Gasteiger partial charge in [0, 0.05) is 8.99 Å². The van der Waals surface area contributed by atoms with Gasteiger partial charge in [-0.05, 0) is 80.1 Å². The third kappa shape index (κ3) is 3.29. The van der Waals surface area contributed by atoms with Gasteiger partial charge in [0.15, 0.2) is 0 Å². The lowest BCUT2D eigenvalue weighted by atomic mass is 9.81. The molecule has 134 valence electrons. The highest BCUT2D eigenvalue weighted by molar-refractivity contribution is 14.1. The Morgan fingerprint density at radius 2 is 1.78 bits per heavy atom. The molecule has 0 nitrogen and oxygen atoms in total. The number of fused-ring (bicyclic) bond motifs is 3. The van der Waals surface area contributed by atoms with Gasteiger partial charge in [-0.2, -0.15) is 0 Å². The fourth-order valence-electron chi connectivity index (χ4n) is 4.15. The fourth-order valence-corrected chi connectivity index (χ4v) is 4.33. The summed E-state index contributed by atoms with van der Waals surface area (Å²) in [5.74, 6) is 0. The number of hydrogen-bond donors (Lipinski definition) is 0. The van der Waals surface area contributed by atoms with Crippen LogP contribution in [0.3, 0.4) is 0 Å². The largest absolute Gasteiger partial charge is 0.0856 e. The van der Waals surface area contributed by atoms with E-state index in [0.717, 1.165) is 10.0 Å². The van der Waals surface area contributed by atoms with Gasteiger partial charge >= 0.3 is 0 Å². The second-order valence-corrected chi connectivity index (χ2v) is 9.03. The molecule has 0 unspecified atom stereocenters. The van der Waals surface area contributed by atoms with Crippen molar-refractivity contribution in [2.75, 3.05) is 0 Å². The second kappa shape index (κ2) is 7.12. The van der Waals surface area contributed by atoms with Gasteiger partial charge in [-0.3, -0.25) is 0 Å². The summed E-state index contributed by atoms with van der Waals surface area (Å²) >= 11 is 2.27. The Morgan fingerprint density at radius 3 is 2.52 bits per heavy atom. The average molecular weight is 462 g/mol. The lowest BCUT2D eigenvalue weighted by molar-refractivity contribution is 0.660. The van der Waals surface area contributed by atoms with E-state index in [9.17, 15) is 0 Å². The zero-order chi connectivity index (χ0) is 19.0. The van der Waals surface area contributed by atoms with Crippen LogP contribution in [0, 0.1) is 0 Å². The van der Waals surface area contributed by atoms with Gasteiger partial charge in [0.1, 0.15) is 0 Å². The van der Waals surface area contributed by atoms with Gasteiger partial charge in [0.2, 0.25) is 0 Å². The molecule has 0 bridgehead atoms. The van der Waals surface area contributed by atoms with Crippen LogP contribution in [0.5, 0.6) is 0 Å². The summed E-state index contributed by atoms with van der Waals surface area (Å²) < 4.78 is 1.04. The fraction of sp³-hybridized carbons (Fsp3) is 0.154. The van der Waals surface area contributed by atoms with E-state index >= 15 is 0 Å². The first-order chi connectivity index (χ1) is 13.0. The van der Waals surface area contributed by atoms with Gasteiger partial charge < -0.3 is 0 Å². The molecule has 0 fully saturated rings. The van der Waals surface area contributed by atoms with Crippen molar-refractivity contribution in [1.82, 2.24) is 0 Å². The van der Waals surface area contributed by atoms with Crippen LogP contribution >= 0.6 is 22.6 Å². The molecule has 0 aliphatic heterocycles. The van der Waals surface area contributed by atoms with Crippen LogP contribution < -0.4 is 0 Å². The zero-order valence-electron chi connectivity index (χ0n) is 15.8. The van der Waals surface area contributed by atoms with Gasteiger partial charge in [-0.25, -0.2) is 0 Å². The Bertz CT molecular complexity index is 1040. The SMILES string of the molecule is C=C(I)/C=C\C(=C1\C=CC=CC1)c1ccc2c(c1)C(C)(C)c1ccccc1-2. The van der Waals surface area contributed by atoms with E-state index in [1.807, 2.05) is 0 Å². The summed E-state index contributed by atoms with van der Waals surface area (Å²) in [6.45, 7) is 8.69. The molecule has 27 heavy (non-hydrogen) atoms. The highest BCUT2D eigenvalue weighted by atomic mass is 127. The monoisotopic (exact) mass is 462 g/mol. The van der Waals surface area contributed by atoms with Crippen LogP contribution in [0.1, 0.15) is 37.0 Å². The molecule has 2 aromatic rings. The molecule has 0 saturated carbocycles. The van der Waals surface area contributed by atoms with Gasteiger partial charge in [-0.1, -0.05) is 87.2 Å². The number of halogens is 1. The van der Waals surface area contributed by atoms with Crippen LogP contribution in [-0.4, -0.2) is 0 Å². The van der Waals surface area contributed by atoms with E-state index in [2.05, 4.69) is 122 Å². The molecule has 1 heteroatoms. The summed E-state index contributed by atoms with van der Waals surface area (Å²) in [7, 11) is 0. The molecule has 2 aliphatic carbocycles. The molecule has 0 amide bonds. The van der Waals surface area contributed by atoms with E-state index in [0.29, 0.717) is 0 Å². The van der Waals surface area contributed by atoms with E-state index in [1.165, 1.54) is 39.0 Å². The van der Waals surface area contributed by atoms with Crippen molar-refractivity contribution in [1.29, 1.82) is 0 Å². The van der Waals surface area contributed by atoms with Crippen molar-refractivity contribution in [2.24, 2.45) is 0 Å². The highest BCUT2D eigenvalue weighted by Crippen LogP contribution is 2.49. The molecule has 0 saturated heterocycles. The van der Waals surface area contributed by atoms with Crippen LogP contribution in [-0.2, 0) is 5.41 Å². The van der Waals surface area contributed by atoms with E-state index in [-0.39, 0.29) is 5.41 Å². The highest BCUT2D eigenvalue weighted by Gasteiger charge is 2.35. The van der Waals surface area contributed by atoms with E-state index in [4.69, 9.17) is 0 Å². The van der Waals surface area contributed by atoms with E-state index in [1.54, 1.807) is 0 Å². The molecule has 2 aliphatic rings. The van der Waals surface area contributed by atoms with Crippen molar-refractivity contribution in [3.8, 4) is 11.1 Å². The summed E-state index contributed by atoms with van der Waals surface area (Å²) in [4.78, 5) is 0. The van der Waals surface area contributed by atoms with Crippen LogP contribution in [0.15, 0.2) is 94.7 Å². The van der Waals surface area contributed by atoms with Crippen LogP contribution in [0.4, 0.5) is 0 Å². The lowest BCUT2D eigenvalue weighted by Crippen LogP contribution is -2.15. The number of benzene rings is 2. The van der Waals surface area contributed by atoms with E-state index < -0.39 is 0 Å². The van der Waals surface area contributed by atoms with Crippen molar-refractivity contribution >= 4 is 28.2 Å². The molecular formula is C26H23I. The molecule has 4 rings (SSSR count). The number of rotatable bonds is 3. The molecule has 0 spiro atoms. The first-order valence-corrected chi connectivity index (χ1v) is 10.4. The first-order valence-electron chi connectivity index (χ1n) is 9.32. The Kier molecular flexibility index (Phi) is 4.81. The quantitative estimate of drug-likeness (QED) is 0.323. The normalized spacial score (nSPS) is 18.5. The minimum absolute atomic E-state index is 0.0244. The third-order valence-corrected chi connectivity index (χ3v) is 5.91. The first kappa shape index (κ1) is 18.2. The zero-order valence-corrected chi connectivity index (χ0v) is 18.0. The summed E-state index contributed by atoms with van der Waals surface area (Å²) in [5, 5.41) is 0. The Morgan fingerprint density at radius 1 is 1.00 bits per heavy atom. The lowest BCUT2D eigenvalue weighted by Gasteiger charge is -2.22. The maximum Gasteiger partial charge on any atom is 0.0159 e. The van der Waals surface area contributed by atoms with Crippen LogP contribution in [0.25, 0.3) is 16.7 Å². The number of hydrogen-bond acceptors (Lipinski definition) is 0. The summed E-state index contributed by atoms with van der Waals surface area (Å²) in [6, 6.07) is 15.8. The smallest absolute Gasteiger partial charge is 0.0159 e. The van der Waals surface area contributed by atoms with Gasteiger partial charge in [0.05, 0.1) is 0 Å². The Balaban J connectivity index is 1.88. The van der Waals surface area contributed by atoms with Crippen molar-refractivity contribution in [2.45, 2.75) is 25.7 Å². The van der Waals surface area contributed by atoms with Crippen LogP contribution in [0.2, 0.25) is 0 Å². The van der Waals surface area contributed by atoms with Gasteiger partial charge in [0.25, 0.3) is 0 Å². The third-order valence-electron chi connectivity index (χ3n) is 5.55. The van der Waals surface area contributed by atoms with Crippen molar-refractivity contribution in [3.05, 3.63) is 111 Å². The average Bonchev–Trinajstić information content (AvgIpc) is 2.90.